The summed E-state index contributed by atoms with van der Waals surface area (Å²) < 4.78 is 19.9. The molecule has 10 heteroatoms. The first-order valence-electron chi connectivity index (χ1n) is 12.0. The Balaban J connectivity index is 1.50. The summed E-state index contributed by atoms with van der Waals surface area (Å²) in [7, 11) is 0. The van der Waals surface area contributed by atoms with Crippen molar-refractivity contribution in [1.29, 1.82) is 0 Å². The van der Waals surface area contributed by atoms with Crippen LogP contribution in [0.1, 0.15) is 49.2 Å². The molecular weight excluding hydrogens is 533 g/mol. The predicted octanol–water partition coefficient (Wildman–Crippen LogP) is 4.16. The number of rotatable bonds is 6. The van der Waals surface area contributed by atoms with Crippen molar-refractivity contribution in [3.63, 3.8) is 0 Å². The number of halogens is 2. The van der Waals surface area contributed by atoms with Crippen LogP contribution in [-0.2, 0) is 9.53 Å². The van der Waals surface area contributed by atoms with E-state index in [-0.39, 0.29) is 12.4 Å². The topological polar surface area (TPSA) is 92.8 Å². The molecular formula is C25H29BrFN5O2S. The van der Waals surface area contributed by atoms with Gasteiger partial charge in [0.25, 0.3) is 0 Å². The molecule has 5 rings (SSSR count). The number of carbonyl (C=O) groups excluding carboxylic acids is 1. The minimum atomic E-state index is -0.653. The molecule has 1 saturated heterocycles. The van der Waals surface area contributed by atoms with Gasteiger partial charge in [-0.2, -0.15) is 0 Å². The maximum atomic E-state index is 13.9. The Labute approximate surface area is 216 Å². The molecule has 1 saturated carbocycles. The Kier molecular flexibility index (Phi) is 7.07. The third kappa shape index (κ3) is 5.07. The molecule has 1 unspecified atom stereocenters. The van der Waals surface area contributed by atoms with E-state index in [1.165, 1.54) is 23.5 Å². The van der Waals surface area contributed by atoms with Crippen molar-refractivity contribution in [3.05, 3.63) is 61.9 Å². The van der Waals surface area contributed by atoms with Gasteiger partial charge in [-0.05, 0) is 68.8 Å². The molecule has 1 aliphatic carbocycles. The van der Waals surface area contributed by atoms with Gasteiger partial charge in [0, 0.05) is 34.3 Å². The number of ether oxygens (including phenoxy) is 1. The molecule has 186 valence electrons. The zero-order chi connectivity index (χ0) is 24.6. The molecule has 3 N–H and O–H groups in total. The smallest absolute Gasteiger partial charge is 0.338 e. The molecule has 1 aromatic carbocycles. The van der Waals surface area contributed by atoms with Crippen LogP contribution in [0.15, 0.2) is 50.5 Å². The Morgan fingerprint density at radius 2 is 2.14 bits per heavy atom. The minimum Gasteiger partial charge on any atom is -0.463 e. The van der Waals surface area contributed by atoms with E-state index in [0.717, 1.165) is 49.5 Å². The Hall–Kier alpha value is -2.14. The van der Waals surface area contributed by atoms with Crippen molar-refractivity contribution in [2.45, 2.75) is 44.7 Å². The summed E-state index contributed by atoms with van der Waals surface area (Å²) >= 11 is 4.95. The van der Waals surface area contributed by atoms with Crippen LogP contribution in [0.3, 0.4) is 0 Å². The number of likely N-dealkylation sites (tertiary alicyclic amines) is 1. The maximum Gasteiger partial charge on any atom is 0.338 e. The number of amidine groups is 1. The van der Waals surface area contributed by atoms with E-state index in [1.807, 2.05) is 5.38 Å². The number of thiazole rings is 1. The molecule has 0 radical (unpaired) electrons. The number of piperidine rings is 1. The van der Waals surface area contributed by atoms with Gasteiger partial charge in [0.05, 0.1) is 12.2 Å². The number of hydrogen-bond acceptors (Lipinski definition) is 8. The summed E-state index contributed by atoms with van der Waals surface area (Å²) in [5.74, 6) is -0.183. The summed E-state index contributed by atoms with van der Waals surface area (Å²) in [6.07, 6.45) is 6.17. The Morgan fingerprint density at radius 1 is 1.37 bits per heavy atom. The van der Waals surface area contributed by atoms with Crippen LogP contribution in [0.2, 0.25) is 0 Å². The SMILES string of the molecule is CCOC(=O)C1=C(CN2CCC3(CC2)CC(N)C3)NC(c2nccs2)=NC1c1ccc(F)cc1Br. The fourth-order valence-electron chi connectivity index (χ4n) is 5.44. The summed E-state index contributed by atoms with van der Waals surface area (Å²) in [6, 6.07) is 4.13. The largest absolute Gasteiger partial charge is 0.463 e. The van der Waals surface area contributed by atoms with Gasteiger partial charge >= 0.3 is 5.97 Å². The fourth-order valence-corrected chi connectivity index (χ4v) is 6.59. The third-order valence-electron chi connectivity index (χ3n) is 7.20. The lowest BCUT2D eigenvalue weighted by molar-refractivity contribution is -0.139. The van der Waals surface area contributed by atoms with Gasteiger partial charge in [-0.3, -0.25) is 9.89 Å². The lowest BCUT2D eigenvalue weighted by atomic mass is 9.61. The molecule has 1 spiro atoms. The number of hydrogen-bond donors (Lipinski definition) is 2. The highest BCUT2D eigenvalue weighted by Crippen LogP contribution is 2.48. The quantitative estimate of drug-likeness (QED) is 0.514. The summed E-state index contributed by atoms with van der Waals surface area (Å²) in [6.45, 7) is 4.50. The molecule has 2 aromatic rings. The van der Waals surface area contributed by atoms with Gasteiger partial charge in [-0.25, -0.2) is 14.2 Å². The molecule has 3 heterocycles. The van der Waals surface area contributed by atoms with Crippen LogP contribution in [0.5, 0.6) is 0 Å². The first kappa shape index (κ1) is 24.5. The second kappa shape index (κ2) is 10.1. The van der Waals surface area contributed by atoms with E-state index in [4.69, 9.17) is 15.5 Å². The third-order valence-corrected chi connectivity index (χ3v) is 8.67. The summed E-state index contributed by atoms with van der Waals surface area (Å²) in [4.78, 5) is 25.0. The molecule has 2 aliphatic heterocycles. The van der Waals surface area contributed by atoms with E-state index in [9.17, 15) is 9.18 Å². The van der Waals surface area contributed by atoms with Gasteiger partial charge in [0.2, 0.25) is 0 Å². The van der Waals surface area contributed by atoms with E-state index in [1.54, 1.807) is 19.2 Å². The van der Waals surface area contributed by atoms with Crippen LogP contribution in [0.25, 0.3) is 0 Å². The van der Waals surface area contributed by atoms with Crippen molar-refractivity contribution < 1.29 is 13.9 Å². The number of benzene rings is 1. The fraction of sp³-hybridized carbons (Fsp3) is 0.480. The minimum absolute atomic E-state index is 0.252. The average Bonchev–Trinajstić information content (AvgIpc) is 3.34. The zero-order valence-corrected chi connectivity index (χ0v) is 22.0. The first-order valence-corrected chi connectivity index (χ1v) is 13.6. The van der Waals surface area contributed by atoms with Gasteiger partial charge < -0.3 is 15.8 Å². The number of aliphatic imine (C=N–C) groups is 1. The van der Waals surface area contributed by atoms with Crippen LogP contribution in [-0.4, -0.2) is 54.0 Å². The van der Waals surface area contributed by atoms with Gasteiger partial charge in [0.15, 0.2) is 10.8 Å². The van der Waals surface area contributed by atoms with Crippen molar-refractivity contribution in [1.82, 2.24) is 15.2 Å². The molecule has 2 fully saturated rings. The van der Waals surface area contributed by atoms with Crippen LogP contribution in [0.4, 0.5) is 4.39 Å². The van der Waals surface area contributed by atoms with Gasteiger partial charge in [-0.15, -0.1) is 11.3 Å². The second-order valence-electron chi connectivity index (χ2n) is 9.57. The molecule has 35 heavy (non-hydrogen) atoms. The van der Waals surface area contributed by atoms with Gasteiger partial charge in [0.1, 0.15) is 11.9 Å². The van der Waals surface area contributed by atoms with Crippen molar-refractivity contribution in [3.8, 4) is 0 Å². The van der Waals surface area contributed by atoms with Crippen LogP contribution < -0.4 is 11.1 Å². The van der Waals surface area contributed by atoms with E-state index >= 15 is 0 Å². The van der Waals surface area contributed by atoms with Crippen molar-refractivity contribution >= 4 is 39.1 Å². The van der Waals surface area contributed by atoms with E-state index in [2.05, 4.69) is 31.1 Å². The normalized spacial score (nSPS) is 22.5. The number of nitrogens with two attached hydrogens (primary N) is 1. The average molecular weight is 563 g/mol. The Bertz CT molecular complexity index is 1150. The second-order valence-corrected chi connectivity index (χ2v) is 11.3. The molecule has 1 atom stereocenters. The molecule has 3 aliphatic rings. The molecule has 7 nitrogen and oxygen atoms in total. The highest BCUT2D eigenvalue weighted by Gasteiger charge is 2.44. The summed E-state index contributed by atoms with van der Waals surface area (Å²) in [5.41, 5.74) is 8.37. The molecule has 0 amide bonds. The maximum absolute atomic E-state index is 13.9. The number of nitrogens with one attached hydrogen (secondary N) is 1. The first-order chi connectivity index (χ1) is 16.9. The summed E-state index contributed by atoms with van der Waals surface area (Å²) in [5, 5.41) is 6.02. The monoisotopic (exact) mass is 561 g/mol. The van der Waals surface area contributed by atoms with Crippen LogP contribution >= 0.6 is 27.3 Å². The standard InChI is InChI=1S/C25H29BrFN5O2S/c1-2-34-24(33)20-19(14-32-8-5-25(6-9-32)12-16(28)13-25)30-22(23-29-7-10-35-23)31-21(20)17-4-3-15(27)11-18(17)26/h3-4,7,10-11,16,21H,2,5-6,8-9,12-14,28H2,1H3,(H,30,31). The zero-order valence-electron chi connectivity index (χ0n) is 19.6. The van der Waals surface area contributed by atoms with E-state index < -0.39 is 12.0 Å². The highest BCUT2D eigenvalue weighted by atomic mass is 79.9. The Morgan fingerprint density at radius 3 is 2.77 bits per heavy atom. The van der Waals surface area contributed by atoms with Crippen molar-refractivity contribution in [2.24, 2.45) is 16.1 Å². The molecule has 0 bridgehead atoms. The lowest BCUT2D eigenvalue weighted by Crippen LogP contribution is -2.52. The van der Waals surface area contributed by atoms with Gasteiger partial charge in [-0.1, -0.05) is 22.0 Å². The molecule has 1 aromatic heterocycles. The van der Waals surface area contributed by atoms with E-state index in [0.29, 0.717) is 39.4 Å². The number of carbonyl (C=O) groups is 1. The number of aromatic nitrogens is 1. The number of esters is 1. The van der Waals surface area contributed by atoms with Crippen molar-refractivity contribution in [2.75, 3.05) is 26.2 Å². The number of nitrogens with zero attached hydrogens (tertiary/aromatic N) is 3. The predicted molar refractivity (Wildman–Crippen MR) is 138 cm³/mol. The van der Waals surface area contributed by atoms with Crippen LogP contribution in [0, 0.1) is 11.2 Å². The lowest BCUT2D eigenvalue weighted by Gasteiger charge is -2.51. The highest BCUT2D eigenvalue weighted by molar-refractivity contribution is 9.10.